The summed E-state index contributed by atoms with van der Waals surface area (Å²) in [5, 5.41) is 7.15. The van der Waals surface area contributed by atoms with Crippen LogP contribution in [0.15, 0.2) is 65.7 Å². The molecule has 0 aliphatic carbocycles. The zero-order chi connectivity index (χ0) is 22.6. The third kappa shape index (κ3) is 4.74. The summed E-state index contributed by atoms with van der Waals surface area (Å²) in [5.41, 5.74) is 2.02. The molecule has 0 unspecified atom stereocenters. The van der Waals surface area contributed by atoms with Crippen LogP contribution in [0.5, 0.6) is 0 Å². The fourth-order valence-corrected chi connectivity index (χ4v) is 5.39. The van der Waals surface area contributed by atoms with Gasteiger partial charge in [-0.05, 0) is 29.7 Å². The first-order valence-corrected chi connectivity index (χ1v) is 12.0. The van der Waals surface area contributed by atoms with Crippen LogP contribution in [0.1, 0.15) is 28.4 Å². The number of nitrogens with one attached hydrogen (secondary N) is 1. The van der Waals surface area contributed by atoms with Crippen LogP contribution in [-0.4, -0.2) is 54.7 Å². The van der Waals surface area contributed by atoms with Crippen LogP contribution in [0.3, 0.4) is 0 Å². The van der Waals surface area contributed by atoms with E-state index in [-0.39, 0.29) is 16.4 Å². The lowest BCUT2D eigenvalue weighted by molar-refractivity contribution is 0.0730. The molecule has 1 aliphatic rings. The Bertz CT molecular complexity index is 1190. The number of rotatable bonds is 7. The van der Waals surface area contributed by atoms with Gasteiger partial charge in [0.05, 0.1) is 30.9 Å². The molecule has 9 heteroatoms. The smallest absolute Gasteiger partial charge is 0.256 e. The lowest BCUT2D eigenvalue weighted by atomic mass is 10.1. The number of sulfonamides is 1. The van der Waals surface area contributed by atoms with Crippen molar-refractivity contribution < 1.29 is 17.9 Å². The van der Waals surface area contributed by atoms with E-state index >= 15 is 0 Å². The van der Waals surface area contributed by atoms with Crippen molar-refractivity contribution in [3.8, 4) is 0 Å². The van der Waals surface area contributed by atoms with Gasteiger partial charge in [0.15, 0.2) is 0 Å². The molecule has 8 nitrogen and oxygen atoms in total. The average Bonchev–Trinajstić information content (AvgIpc) is 3.26. The maximum atomic E-state index is 13.2. The van der Waals surface area contributed by atoms with Crippen LogP contribution in [0.2, 0.25) is 0 Å². The molecule has 2 aromatic carbocycles. The summed E-state index contributed by atoms with van der Waals surface area (Å²) in [6, 6.07) is 16.4. The van der Waals surface area contributed by atoms with Crippen LogP contribution in [-0.2, 0) is 27.7 Å². The van der Waals surface area contributed by atoms with E-state index in [2.05, 4.69) is 10.4 Å². The third-order valence-corrected chi connectivity index (χ3v) is 7.41. The summed E-state index contributed by atoms with van der Waals surface area (Å²) in [6.07, 6.45) is 2.16. The minimum atomic E-state index is -3.72. The van der Waals surface area contributed by atoms with Crippen molar-refractivity contribution in [2.45, 2.75) is 24.8 Å². The van der Waals surface area contributed by atoms with Gasteiger partial charge >= 0.3 is 0 Å². The Morgan fingerprint density at radius 2 is 1.84 bits per heavy atom. The highest BCUT2D eigenvalue weighted by Crippen LogP contribution is 2.24. The van der Waals surface area contributed by atoms with Crippen LogP contribution in [0, 0.1) is 0 Å². The first-order chi connectivity index (χ1) is 15.5. The quantitative estimate of drug-likeness (QED) is 0.593. The van der Waals surface area contributed by atoms with Crippen molar-refractivity contribution in [1.82, 2.24) is 14.1 Å². The van der Waals surface area contributed by atoms with E-state index in [0.29, 0.717) is 50.7 Å². The molecule has 1 aliphatic heterocycles. The molecule has 0 atom stereocenters. The number of hydrogen-bond acceptors (Lipinski definition) is 5. The number of hydrogen-bond donors (Lipinski definition) is 1. The van der Waals surface area contributed by atoms with Gasteiger partial charge in [0.25, 0.3) is 5.91 Å². The summed E-state index contributed by atoms with van der Waals surface area (Å²) in [6.45, 7) is 3.75. The second kappa shape index (κ2) is 9.64. The Hall–Kier alpha value is -3.01. The van der Waals surface area contributed by atoms with Gasteiger partial charge in [0, 0.05) is 24.7 Å². The third-order valence-electron chi connectivity index (χ3n) is 5.43. The van der Waals surface area contributed by atoms with Gasteiger partial charge < -0.3 is 10.1 Å². The Kier molecular flexibility index (Phi) is 6.69. The zero-order valence-electron chi connectivity index (χ0n) is 17.9. The normalized spacial score (nSPS) is 14.9. The average molecular weight is 455 g/mol. The van der Waals surface area contributed by atoms with Crippen LogP contribution in [0.25, 0.3) is 0 Å². The lowest BCUT2D eigenvalue weighted by Gasteiger charge is -2.27. The van der Waals surface area contributed by atoms with Gasteiger partial charge in [-0.25, -0.2) is 13.1 Å². The molecule has 0 saturated carbocycles. The molecule has 1 fully saturated rings. The standard InChI is InChI=1S/C23H26N4O4S/c1-2-19-8-9-20(16-21(19)32(29,30)26-12-14-31-15-13-26)23(28)25-22-10-11-24-27(22)17-18-6-4-3-5-7-18/h3-11,16H,2,12-15,17H2,1H3,(H,25,28). The van der Waals surface area contributed by atoms with Gasteiger partial charge in [-0.15, -0.1) is 0 Å². The van der Waals surface area contributed by atoms with Crippen molar-refractivity contribution in [2.24, 2.45) is 0 Å². The molecule has 2 heterocycles. The predicted molar refractivity (Wildman–Crippen MR) is 121 cm³/mol. The fraction of sp³-hybridized carbons (Fsp3) is 0.304. The van der Waals surface area contributed by atoms with E-state index in [4.69, 9.17) is 4.74 Å². The van der Waals surface area contributed by atoms with Gasteiger partial charge in [0.2, 0.25) is 10.0 Å². The lowest BCUT2D eigenvalue weighted by Crippen LogP contribution is -2.41. The molecule has 1 N–H and O–H groups in total. The molecular formula is C23H26N4O4S. The maximum Gasteiger partial charge on any atom is 0.256 e. The first kappa shape index (κ1) is 22.2. The molecule has 0 bridgehead atoms. The molecule has 1 amide bonds. The molecule has 3 aromatic rings. The second-order valence-electron chi connectivity index (χ2n) is 7.51. The summed E-state index contributed by atoms with van der Waals surface area (Å²) in [7, 11) is -3.72. The van der Waals surface area contributed by atoms with E-state index < -0.39 is 10.0 Å². The minimum absolute atomic E-state index is 0.173. The summed E-state index contributed by atoms with van der Waals surface area (Å²) in [5.74, 6) is 0.150. The number of anilines is 1. The van der Waals surface area contributed by atoms with Gasteiger partial charge in [-0.1, -0.05) is 43.3 Å². The predicted octanol–water partition coefficient (Wildman–Crippen LogP) is 2.77. The summed E-state index contributed by atoms with van der Waals surface area (Å²) < 4.78 is 34.9. The van der Waals surface area contributed by atoms with Crippen LogP contribution >= 0.6 is 0 Å². The first-order valence-electron chi connectivity index (χ1n) is 10.6. The number of benzene rings is 2. The summed E-state index contributed by atoms with van der Waals surface area (Å²) >= 11 is 0. The molecule has 168 valence electrons. The number of aromatic nitrogens is 2. The van der Waals surface area contributed by atoms with Gasteiger partial charge in [-0.3, -0.25) is 4.79 Å². The van der Waals surface area contributed by atoms with Gasteiger partial charge in [-0.2, -0.15) is 9.40 Å². The highest BCUT2D eigenvalue weighted by molar-refractivity contribution is 7.89. The number of amides is 1. The Morgan fingerprint density at radius 3 is 2.56 bits per heavy atom. The van der Waals surface area contributed by atoms with Crippen molar-refractivity contribution in [1.29, 1.82) is 0 Å². The molecule has 1 saturated heterocycles. The zero-order valence-corrected chi connectivity index (χ0v) is 18.7. The Morgan fingerprint density at radius 1 is 1.09 bits per heavy atom. The fourth-order valence-electron chi connectivity index (χ4n) is 3.66. The van der Waals surface area contributed by atoms with E-state index in [1.165, 1.54) is 10.4 Å². The van der Waals surface area contributed by atoms with Crippen molar-refractivity contribution >= 4 is 21.7 Å². The van der Waals surface area contributed by atoms with Crippen molar-refractivity contribution in [3.63, 3.8) is 0 Å². The molecule has 0 spiro atoms. The number of aryl methyl sites for hydroxylation is 1. The molecule has 32 heavy (non-hydrogen) atoms. The topological polar surface area (TPSA) is 93.5 Å². The van der Waals surface area contributed by atoms with Crippen LogP contribution < -0.4 is 5.32 Å². The second-order valence-corrected chi connectivity index (χ2v) is 9.41. The molecule has 4 rings (SSSR count). The minimum Gasteiger partial charge on any atom is -0.379 e. The van der Waals surface area contributed by atoms with Crippen LogP contribution in [0.4, 0.5) is 5.82 Å². The Labute approximate surface area is 187 Å². The largest absolute Gasteiger partial charge is 0.379 e. The van der Waals surface area contributed by atoms with Crippen molar-refractivity contribution in [3.05, 3.63) is 77.5 Å². The van der Waals surface area contributed by atoms with E-state index in [9.17, 15) is 13.2 Å². The number of nitrogens with zero attached hydrogens (tertiary/aromatic N) is 3. The molecule has 0 radical (unpaired) electrons. The number of carbonyl (C=O) groups excluding carboxylic acids is 1. The SMILES string of the molecule is CCc1ccc(C(=O)Nc2ccnn2Cc2ccccc2)cc1S(=O)(=O)N1CCOCC1. The van der Waals surface area contributed by atoms with E-state index in [1.54, 1.807) is 29.1 Å². The summed E-state index contributed by atoms with van der Waals surface area (Å²) in [4.78, 5) is 13.2. The van der Waals surface area contributed by atoms with E-state index in [1.807, 2.05) is 37.3 Å². The van der Waals surface area contributed by atoms with E-state index in [0.717, 1.165) is 5.56 Å². The number of carbonyl (C=O) groups is 1. The highest BCUT2D eigenvalue weighted by Gasteiger charge is 2.29. The molecule has 1 aromatic heterocycles. The van der Waals surface area contributed by atoms with Crippen molar-refractivity contribution in [2.75, 3.05) is 31.6 Å². The number of morpholine rings is 1. The highest BCUT2D eigenvalue weighted by atomic mass is 32.2. The Balaban J connectivity index is 1.58. The number of ether oxygens (including phenoxy) is 1. The monoisotopic (exact) mass is 454 g/mol. The molecular weight excluding hydrogens is 428 g/mol. The maximum absolute atomic E-state index is 13.2. The van der Waals surface area contributed by atoms with Gasteiger partial charge in [0.1, 0.15) is 5.82 Å².